The first-order valence-electron chi connectivity index (χ1n) is 5.71. The molecule has 3 N–H and O–H groups in total. The van der Waals surface area contributed by atoms with E-state index in [1.165, 1.54) is 9.75 Å². The van der Waals surface area contributed by atoms with Gasteiger partial charge < -0.3 is 0 Å². The Labute approximate surface area is 107 Å². The second kappa shape index (κ2) is 6.49. The fourth-order valence-electron chi connectivity index (χ4n) is 1.60. The summed E-state index contributed by atoms with van der Waals surface area (Å²) in [6, 6.07) is 4.15. The van der Waals surface area contributed by atoms with Gasteiger partial charge in [0.15, 0.2) is 0 Å². The number of thiophene rings is 1. The first-order valence-corrected chi connectivity index (χ1v) is 8.35. The van der Waals surface area contributed by atoms with Gasteiger partial charge in [0.25, 0.3) is 0 Å². The Morgan fingerprint density at radius 3 is 2.65 bits per heavy atom. The molecule has 6 heteroatoms. The molecule has 1 rings (SSSR count). The van der Waals surface area contributed by atoms with Crippen LogP contribution in [0.1, 0.15) is 35.6 Å². The number of hydrazine groups is 1. The van der Waals surface area contributed by atoms with E-state index >= 15 is 0 Å². The van der Waals surface area contributed by atoms with E-state index in [0.717, 1.165) is 6.42 Å². The van der Waals surface area contributed by atoms with E-state index in [4.69, 9.17) is 5.84 Å². The van der Waals surface area contributed by atoms with Gasteiger partial charge in [0.2, 0.25) is 0 Å². The Kier molecular flexibility index (Phi) is 5.58. The largest absolute Gasteiger partial charge is 0.271 e. The van der Waals surface area contributed by atoms with E-state index < -0.39 is 9.84 Å². The van der Waals surface area contributed by atoms with E-state index in [2.05, 4.69) is 5.43 Å². The molecular weight excluding hydrogens is 256 g/mol. The number of nitrogens with one attached hydrogen (secondary N) is 1. The summed E-state index contributed by atoms with van der Waals surface area (Å²) in [5, 5.41) is 0. The van der Waals surface area contributed by atoms with Crippen molar-refractivity contribution in [2.24, 2.45) is 5.84 Å². The molecule has 1 heterocycles. The summed E-state index contributed by atoms with van der Waals surface area (Å²) in [5.41, 5.74) is 2.75. The summed E-state index contributed by atoms with van der Waals surface area (Å²) >= 11 is 1.69. The van der Waals surface area contributed by atoms with Crippen LogP contribution < -0.4 is 11.3 Å². The molecule has 1 aromatic heterocycles. The zero-order valence-corrected chi connectivity index (χ0v) is 11.9. The molecule has 98 valence electrons. The minimum Gasteiger partial charge on any atom is -0.271 e. The van der Waals surface area contributed by atoms with Crippen molar-refractivity contribution in [2.45, 2.75) is 32.7 Å². The smallest absolute Gasteiger partial charge is 0.150 e. The van der Waals surface area contributed by atoms with Crippen LogP contribution in [0.2, 0.25) is 0 Å². The molecule has 1 unspecified atom stereocenters. The summed E-state index contributed by atoms with van der Waals surface area (Å²) in [7, 11) is -2.87. The van der Waals surface area contributed by atoms with Crippen LogP contribution in [-0.4, -0.2) is 19.9 Å². The van der Waals surface area contributed by atoms with Gasteiger partial charge in [-0.15, -0.1) is 11.3 Å². The molecule has 0 spiro atoms. The van der Waals surface area contributed by atoms with Crippen molar-refractivity contribution in [3.8, 4) is 0 Å². The van der Waals surface area contributed by atoms with Gasteiger partial charge in [-0.3, -0.25) is 11.3 Å². The number of sulfone groups is 1. The minimum atomic E-state index is -2.87. The highest BCUT2D eigenvalue weighted by molar-refractivity contribution is 7.91. The Bertz CT molecular complexity index is 440. The third-order valence-electron chi connectivity index (χ3n) is 2.69. The van der Waals surface area contributed by atoms with Crippen LogP contribution in [0.3, 0.4) is 0 Å². The standard InChI is InChI=1S/C11H20N2O2S2/c1-3-17(14,15)8-4-5-10(13-12)11-7-6-9(2)16-11/h6-7,10,13H,3-5,8,12H2,1-2H3. The highest BCUT2D eigenvalue weighted by Crippen LogP contribution is 2.25. The first kappa shape index (κ1) is 14.6. The van der Waals surface area contributed by atoms with Gasteiger partial charge >= 0.3 is 0 Å². The molecule has 0 aromatic carbocycles. The number of hydrogen-bond donors (Lipinski definition) is 2. The van der Waals surface area contributed by atoms with Crippen LogP contribution in [-0.2, 0) is 9.84 Å². The van der Waals surface area contributed by atoms with Crippen molar-refractivity contribution in [1.29, 1.82) is 0 Å². The lowest BCUT2D eigenvalue weighted by molar-refractivity contribution is 0.514. The zero-order valence-electron chi connectivity index (χ0n) is 10.3. The lowest BCUT2D eigenvalue weighted by Gasteiger charge is -2.13. The van der Waals surface area contributed by atoms with Gasteiger partial charge in [-0.25, -0.2) is 8.42 Å². The summed E-state index contributed by atoms with van der Waals surface area (Å²) in [4.78, 5) is 2.40. The van der Waals surface area contributed by atoms with Crippen LogP contribution >= 0.6 is 11.3 Å². The molecule has 0 aliphatic rings. The van der Waals surface area contributed by atoms with Crippen molar-refractivity contribution in [3.05, 3.63) is 21.9 Å². The maximum atomic E-state index is 11.4. The third kappa shape index (κ3) is 4.75. The predicted molar refractivity (Wildman–Crippen MR) is 72.7 cm³/mol. The molecule has 0 bridgehead atoms. The fraction of sp³-hybridized carbons (Fsp3) is 0.636. The molecule has 4 nitrogen and oxygen atoms in total. The second-order valence-corrected chi connectivity index (χ2v) is 7.84. The van der Waals surface area contributed by atoms with Gasteiger partial charge in [0.1, 0.15) is 9.84 Å². The second-order valence-electron chi connectivity index (χ2n) is 4.05. The monoisotopic (exact) mass is 276 g/mol. The van der Waals surface area contributed by atoms with Crippen molar-refractivity contribution in [1.82, 2.24) is 5.43 Å². The van der Waals surface area contributed by atoms with Crippen molar-refractivity contribution in [3.63, 3.8) is 0 Å². The molecule has 0 amide bonds. The fourth-order valence-corrected chi connectivity index (χ4v) is 3.47. The lowest BCUT2D eigenvalue weighted by Crippen LogP contribution is -2.27. The topological polar surface area (TPSA) is 72.2 Å². The summed E-state index contributed by atoms with van der Waals surface area (Å²) in [5.74, 6) is 5.96. The third-order valence-corrected chi connectivity index (χ3v) is 5.60. The van der Waals surface area contributed by atoms with E-state index in [-0.39, 0.29) is 17.5 Å². The van der Waals surface area contributed by atoms with Gasteiger partial charge in [0.05, 0.1) is 11.8 Å². The summed E-state index contributed by atoms with van der Waals surface area (Å²) < 4.78 is 22.7. The van der Waals surface area contributed by atoms with Crippen molar-refractivity contribution < 1.29 is 8.42 Å². The maximum Gasteiger partial charge on any atom is 0.150 e. The SMILES string of the molecule is CCS(=O)(=O)CCCC(NN)c1ccc(C)s1. The number of aryl methyl sites for hydroxylation is 1. The maximum absolute atomic E-state index is 11.4. The van der Waals surface area contributed by atoms with Gasteiger partial charge in [-0.05, 0) is 31.9 Å². The van der Waals surface area contributed by atoms with Crippen LogP contribution in [0, 0.1) is 6.92 Å². The molecule has 0 saturated carbocycles. The molecule has 0 aliphatic carbocycles. The Balaban J connectivity index is 2.49. The normalized spacial score (nSPS) is 13.8. The molecule has 0 fully saturated rings. The Hall–Kier alpha value is -0.430. The molecule has 17 heavy (non-hydrogen) atoms. The predicted octanol–water partition coefficient (Wildman–Crippen LogP) is 1.78. The lowest BCUT2D eigenvalue weighted by atomic mass is 10.1. The van der Waals surface area contributed by atoms with Crippen LogP contribution in [0.5, 0.6) is 0 Å². The summed E-state index contributed by atoms with van der Waals surface area (Å²) in [6.45, 7) is 3.72. The van der Waals surface area contributed by atoms with Crippen molar-refractivity contribution >= 4 is 21.2 Å². The Morgan fingerprint density at radius 1 is 1.47 bits per heavy atom. The van der Waals surface area contributed by atoms with Crippen molar-refractivity contribution in [2.75, 3.05) is 11.5 Å². The van der Waals surface area contributed by atoms with Gasteiger partial charge in [-0.1, -0.05) is 6.92 Å². The zero-order chi connectivity index (χ0) is 12.9. The Morgan fingerprint density at radius 2 is 2.18 bits per heavy atom. The first-order chi connectivity index (χ1) is 7.98. The van der Waals surface area contributed by atoms with E-state index in [1.54, 1.807) is 18.3 Å². The van der Waals surface area contributed by atoms with Crippen LogP contribution in [0.25, 0.3) is 0 Å². The van der Waals surface area contributed by atoms with Crippen LogP contribution in [0.4, 0.5) is 0 Å². The summed E-state index contributed by atoms with van der Waals surface area (Å²) in [6.07, 6.45) is 1.39. The molecular formula is C11H20N2O2S2. The van der Waals surface area contributed by atoms with Gasteiger partial charge in [0, 0.05) is 15.5 Å². The van der Waals surface area contributed by atoms with E-state index in [9.17, 15) is 8.42 Å². The highest BCUT2D eigenvalue weighted by atomic mass is 32.2. The molecule has 1 atom stereocenters. The molecule has 0 radical (unpaired) electrons. The highest BCUT2D eigenvalue weighted by Gasteiger charge is 2.14. The average Bonchev–Trinajstić information content (AvgIpc) is 2.71. The number of rotatable bonds is 7. The minimum absolute atomic E-state index is 0.0563. The average molecular weight is 276 g/mol. The molecule has 0 aliphatic heterocycles. The molecule has 1 aromatic rings. The molecule has 0 saturated heterocycles. The quantitative estimate of drug-likeness (QED) is 0.588. The van der Waals surface area contributed by atoms with Gasteiger partial charge in [-0.2, -0.15) is 0 Å². The van der Waals surface area contributed by atoms with E-state index in [0.29, 0.717) is 6.42 Å². The van der Waals surface area contributed by atoms with E-state index in [1.807, 2.05) is 19.1 Å². The number of nitrogens with two attached hydrogens (primary N) is 1. The van der Waals surface area contributed by atoms with Crippen LogP contribution in [0.15, 0.2) is 12.1 Å². The number of hydrogen-bond acceptors (Lipinski definition) is 5.